The van der Waals surface area contributed by atoms with Crippen LogP contribution in [0.3, 0.4) is 0 Å². The molecule has 0 heterocycles. The Kier molecular flexibility index (Phi) is 5.77. The molecule has 0 spiro atoms. The standard InChI is InChI=1S/C12H24N2O2/c1-9(2)16-8-7-14-11-5-3-10(4-6-11)12(13)15/h9-11,14H,3-8H2,1-2H3,(H2,13,15). The molecule has 3 N–H and O–H groups in total. The summed E-state index contributed by atoms with van der Waals surface area (Å²) in [5.41, 5.74) is 5.29. The molecule has 1 saturated carbocycles. The number of hydrogen-bond donors (Lipinski definition) is 2. The molecule has 1 aliphatic rings. The molecule has 0 aliphatic heterocycles. The molecule has 4 nitrogen and oxygen atoms in total. The summed E-state index contributed by atoms with van der Waals surface area (Å²) in [5.74, 6) is -0.0356. The van der Waals surface area contributed by atoms with Crippen LogP contribution in [0.25, 0.3) is 0 Å². The van der Waals surface area contributed by atoms with Gasteiger partial charge in [0.1, 0.15) is 0 Å². The van der Waals surface area contributed by atoms with E-state index in [-0.39, 0.29) is 11.8 Å². The summed E-state index contributed by atoms with van der Waals surface area (Å²) in [6.07, 6.45) is 4.26. The molecule has 0 aromatic carbocycles. The second-order valence-electron chi connectivity index (χ2n) is 4.82. The SMILES string of the molecule is CC(C)OCCNC1CCC(C(N)=O)CC1. The first-order chi connectivity index (χ1) is 7.59. The minimum Gasteiger partial charge on any atom is -0.377 e. The maximum Gasteiger partial charge on any atom is 0.220 e. The van der Waals surface area contributed by atoms with E-state index >= 15 is 0 Å². The Morgan fingerprint density at radius 2 is 2.00 bits per heavy atom. The molecular formula is C12H24N2O2. The van der Waals surface area contributed by atoms with Crippen molar-refractivity contribution in [2.75, 3.05) is 13.2 Å². The van der Waals surface area contributed by atoms with E-state index in [1.54, 1.807) is 0 Å². The highest BCUT2D eigenvalue weighted by atomic mass is 16.5. The van der Waals surface area contributed by atoms with E-state index in [4.69, 9.17) is 10.5 Å². The lowest BCUT2D eigenvalue weighted by Gasteiger charge is -2.27. The number of rotatable bonds is 6. The first-order valence-electron chi connectivity index (χ1n) is 6.24. The van der Waals surface area contributed by atoms with Crippen molar-refractivity contribution < 1.29 is 9.53 Å². The maximum atomic E-state index is 11.0. The summed E-state index contributed by atoms with van der Waals surface area (Å²) in [6.45, 7) is 5.73. The molecule has 16 heavy (non-hydrogen) atoms. The molecule has 1 rings (SSSR count). The third kappa shape index (κ3) is 4.94. The smallest absolute Gasteiger partial charge is 0.220 e. The Hall–Kier alpha value is -0.610. The Morgan fingerprint density at radius 3 is 2.50 bits per heavy atom. The number of nitrogens with one attached hydrogen (secondary N) is 1. The summed E-state index contributed by atoms with van der Waals surface area (Å²) in [4.78, 5) is 11.0. The zero-order valence-electron chi connectivity index (χ0n) is 10.4. The lowest BCUT2D eigenvalue weighted by Crippen LogP contribution is -2.38. The monoisotopic (exact) mass is 228 g/mol. The average Bonchev–Trinajstić information content (AvgIpc) is 2.25. The van der Waals surface area contributed by atoms with Crippen molar-refractivity contribution >= 4 is 5.91 Å². The number of primary amides is 1. The second-order valence-corrected chi connectivity index (χ2v) is 4.82. The molecule has 0 bridgehead atoms. The fourth-order valence-corrected chi connectivity index (χ4v) is 2.14. The molecule has 0 aromatic rings. The molecule has 0 aromatic heterocycles. The van der Waals surface area contributed by atoms with E-state index < -0.39 is 0 Å². The molecule has 0 unspecified atom stereocenters. The molecular weight excluding hydrogens is 204 g/mol. The minimum atomic E-state index is -0.137. The van der Waals surface area contributed by atoms with Gasteiger partial charge >= 0.3 is 0 Å². The van der Waals surface area contributed by atoms with Crippen LogP contribution in [0.5, 0.6) is 0 Å². The maximum absolute atomic E-state index is 11.0. The quantitative estimate of drug-likeness (QED) is 0.668. The summed E-state index contributed by atoms with van der Waals surface area (Å²) in [6, 6.07) is 0.534. The second kappa shape index (κ2) is 6.86. The van der Waals surface area contributed by atoms with Crippen LogP contribution < -0.4 is 11.1 Å². The van der Waals surface area contributed by atoms with E-state index in [1.807, 2.05) is 13.8 Å². The highest BCUT2D eigenvalue weighted by molar-refractivity contribution is 5.76. The molecule has 0 saturated heterocycles. The Morgan fingerprint density at radius 1 is 1.38 bits per heavy atom. The lowest BCUT2D eigenvalue weighted by molar-refractivity contribution is -0.122. The Labute approximate surface area is 97.9 Å². The molecule has 94 valence electrons. The van der Waals surface area contributed by atoms with E-state index in [0.29, 0.717) is 12.1 Å². The van der Waals surface area contributed by atoms with Gasteiger partial charge in [-0.2, -0.15) is 0 Å². The highest BCUT2D eigenvalue weighted by Gasteiger charge is 2.23. The van der Waals surface area contributed by atoms with Gasteiger partial charge in [-0.15, -0.1) is 0 Å². The van der Waals surface area contributed by atoms with Crippen LogP contribution in [0.1, 0.15) is 39.5 Å². The van der Waals surface area contributed by atoms with Crippen LogP contribution in [0, 0.1) is 5.92 Å². The summed E-state index contributed by atoms with van der Waals surface area (Å²) in [5, 5.41) is 3.46. The van der Waals surface area contributed by atoms with E-state index in [0.717, 1.165) is 38.8 Å². The first-order valence-corrected chi connectivity index (χ1v) is 6.24. The number of nitrogens with two attached hydrogens (primary N) is 1. The summed E-state index contributed by atoms with van der Waals surface area (Å²) >= 11 is 0. The van der Waals surface area contributed by atoms with Gasteiger partial charge in [0.05, 0.1) is 12.7 Å². The van der Waals surface area contributed by atoms with Gasteiger partial charge in [-0.3, -0.25) is 4.79 Å². The highest BCUT2D eigenvalue weighted by Crippen LogP contribution is 2.23. The fraction of sp³-hybridized carbons (Fsp3) is 0.917. The number of carbonyl (C=O) groups excluding carboxylic acids is 1. The third-order valence-corrected chi connectivity index (χ3v) is 3.12. The zero-order chi connectivity index (χ0) is 12.0. The lowest BCUT2D eigenvalue weighted by atomic mass is 9.85. The summed E-state index contributed by atoms with van der Waals surface area (Å²) < 4.78 is 5.46. The van der Waals surface area contributed by atoms with Crippen molar-refractivity contribution in [3.05, 3.63) is 0 Å². The zero-order valence-corrected chi connectivity index (χ0v) is 10.4. The van der Waals surface area contributed by atoms with E-state index in [2.05, 4.69) is 5.32 Å². The topological polar surface area (TPSA) is 64.3 Å². The number of hydrogen-bond acceptors (Lipinski definition) is 3. The number of carbonyl (C=O) groups is 1. The third-order valence-electron chi connectivity index (χ3n) is 3.12. The van der Waals surface area contributed by atoms with Gasteiger partial charge in [0.15, 0.2) is 0 Å². The number of amides is 1. The molecule has 1 aliphatic carbocycles. The van der Waals surface area contributed by atoms with Crippen molar-refractivity contribution in [1.29, 1.82) is 0 Å². The van der Waals surface area contributed by atoms with Gasteiger partial charge in [0.25, 0.3) is 0 Å². The van der Waals surface area contributed by atoms with Gasteiger partial charge in [-0.25, -0.2) is 0 Å². The van der Waals surface area contributed by atoms with Crippen LogP contribution in [0.15, 0.2) is 0 Å². The molecule has 1 fully saturated rings. The Balaban J connectivity index is 2.06. The van der Waals surface area contributed by atoms with Gasteiger partial charge in [0.2, 0.25) is 5.91 Å². The molecule has 0 radical (unpaired) electrons. The average molecular weight is 228 g/mol. The van der Waals surface area contributed by atoms with Crippen molar-refractivity contribution in [3.63, 3.8) is 0 Å². The molecule has 4 heteroatoms. The van der Waals surface area contributed by atoms with Crippen molar-refractivity contribution in [3.8, 4) is 0 Å². The predicted octanol–water partition coefficient (Wildman–Crippen LogP) is 1.05. The number of ether oxygens (including phenoxy) is 1. The Bertz CT molecular complexity index is 211. The van der Waals surface area contributed by atoms with Crippen LogP contribution in [-0.2, 0) is 9.53 Å². The van der Waals surface area contributed by atoms with Crippen molar-refractivity contribution in [1.82, 2.24) is 5.32 Å². The normalized spacial score (nSPS) is 25.9. The first kappa shape index (κ1) is 13.5. The van der Waals surface area contributed by atoms with Gasteiger partial charge in [-0.1, -0.05) is 0 Å². The van der Waals surface area contributed by atoms with E-state index in [1.165, 1.54) is 0 Å². The summed E-state index contributed by atoms with van der Waals surface area (Å²) in [7, 11) is 0. The minimum absolute atomic E-state index is 0.102. The van der Waals surface area contributed by atoms with Crippen molar-refractivity contribution in [2.24, 2.45) is 11.7 Å². The predicted molar refractivity (Wildman–Crippen MR) is 64.0 cm³/mol. The van der Waals surface area contributed by atoms with Gasteiger partial charge < -0.3 is 15.8 Å². The largest absolute Gasteiger partial charge is 0.377 e. The fourth-order valence-electron chi connectivity index (χ4n) is 2.14. The van der Waals surface area contributed by atoms with Crippen molar-refractivity contribution in [2.45, 2.75) is 51.7 Å². The van der Waals surface area contributed by atoms with Gasteiger partial charge in [-0.05, 0) is 39.5 Å². The van der Waals surface area contributed by atoms with Crippen LogP contribution in [-0.4, -0.2) is 31.2 Å². The van der Waals surface area contributed by atoms with Crippen LogP contribution >= 0.6 is 0 Å². The van der Waals surface area contributed by atoms with E-state index in [9.17, 15) is 4.79 Å². The molecule has 1 amide bonds. The van der Waals surface area contributed by atoms with Crippen LogP contribution in [0.2, 0.25) is 0 Å². The van der Waals surface area contributed by atoms with Gasteiger partial charge in [0, 0.05) is 18.5 Å². The van der Waals surface area contributed by atoms with Crippen LogP contribution in [0.4, 0.5) is 0 Å². The molecule has 0 atom stereocenters.